The van der Waals surface area contributed by atoms with E-state index in [1.54, 1.807) is 37.3 Å². The minimum Gasteiger partial charge on any atom is -0.493 e. The van der Waals surface area contributed by atoms with E-state index >= 15 is 0 Å². The van der Waals surface area contributed by atoms with E-state index in [1.165, 1.54) is 11.4 Å². The first-order chi connectivity index (χ1) is 13.4. The molecule has 0 saturated heterocycles. The van der Waals surface area contributed by atoms with Crippen molar-refractivity contribution in [1.29, 1.82) is 0 Å². The monoisotopic (exact) mass is 404 g/mol. The van der Waals surface area contributed by atoms with Crippen molar-refractivity contribution >= 4 is 27.3 Å². The summed E-state index contributed by atoms with van der Waals surface area (Å²) in [6.07, 6.45) is 1.60. The zero-order chi connectivity index (χ0) is 20.1. The van der Waals surface area contributed by atoms with Gasteiger partial charge in [0.25, 0.3) is 5.91 Å². The van der Waals surface area contributed by atoms with Gasteiger partial charge in [0.2, 0.25) is 10.0 Å². The van der Waals surface area contributed by atoms with Gasteiger partial charge in [0.05, 0.1) is 18.6 Å². The molecule has 1 N–H and O–H groups in total. The van der Waals surface area contributed by atoms with E-state index in [4.69, 9.17) is 9.47 Å². The molecule has 0 saturated carbocycles. The molecule has 2 aromatic carbocycles. The number of rotatable bonds is 7. The summed E-state index contributed by atoms with van der Waals surface area (Å²) in [5.41, 5.74) is 2.13. The molecule has 0 atom stereocenters. The van der Waals surface area contributed by atoms with Gasteiger partial charge in [-0.05, 0) is 49.6 Å². The van der Waals surface area contributed by atoms with Crippen molar-refractivity contribution < 1.29 is 22.7 Å². The van der Waals surface area contributed by atoms with E-state index < -0.39 is 10.0 Å². The van der Waals surface area contributed by atoms with Crippen LogP contribution in [0, 0.1) is 0 Å². The third kappa shape index (κ3) is 4.39. The molecule has 0 aliphatic carbocycles. The molecule has 2 aromatic rings. The molecule has 0 aromatic heterocycles. The Morgan fingerprint density at radius 1 is 1.18 bits per heavy atom. The average molecular weight is 404 g/mol. The maximum atomic E-state index is 12.4. The summed E-state index contributed by atoms with van der Waals surface area (Å²) in [6.45, 7) is 1.90. The number of nitrogens with one attached hydrogen (secondary N) is 1. The van der Waals surface area contributed by atoms with Gasteiger partial charge in [0, 0.05) is 12.2 Å². The van der Waals surface area contributed by atoms with Crippen molar-refractivity contribution in [2.45, 2.75) is 19.8 Å². The van der Waals surface area contributed by atoms with Crippen LogP contribution in [0.1, 0.15) is 18.9 Å². The number of anilines is 2. The van der Waals surface area contributed by atoms with Gasteiger partial charge < -0.3 is 14.8 Å². The number of sulfonamides is 1. The number of fused-ring (bicyclic) bond motifs is 1. The van der Waals surface area contributed by atoms with E-state index in [1.807, 2.05) is 12.1 Å². The van der Waals surface area contributed by atoms with Crippen LogP contribution in [0.25, 0.3) is 0 Å². The Hall–Kier alpha value is -2.74. The van der Waals surface area contributed by atoms with Crippen LogP contribution >= 0.6 is 0 Å². The van der Waals surface area contributed by atoms with Gasteiger partial charge in [-0.2, -0.15) is 0 Å². The number of hydrogen-bond donors (Lipinski definition) is 1. The van der Waals surface area contributed by atoms with E-state index in [9.17, 15) is 13.2 Å². The molecule has 0 spiro atoms. The second-order valence-electron chi connectivity index (χ2n) is 6.41. The first kappa shape index (κ1) is 20.0. The molecule has 28 heavy (non-hydrogen) atoms. The second-order valence-corrected chi connectivity index (χ2v) is 8.59. The van der Waals surface area contributed by atoms with Crippen molar-refractivity contribution in [2.24, 2.45) is 0 Å². The molecule has 8 heteroatoms. The second kappa shape index (κ2) is 8.52. The number of hydrogen-bond acceptors (Lipinski definition) is 5. The number of amides is 1. The lowest BCUT2D eigenvalue weighted by molar-refractivity contribution is -0.118. The van der Waals surface area contributed by atoms with E-state index in [0.29, 0.717) is 29.4 Å². The van der Waals surface area contributed by atoms with Crippen LogP contribution in [0.4, 0.5) is 11.4 Å². The summed E-state index contributed by atoms with van der Waals surface area (Å²) in [5, 5.41) is 2.76. The quantitative estimate of drug-likeness (QED) is 0.767. The molecule has 1 amide bonds. The van der Waals surface area contributed by atoms with E-state index in [0.717, 1.165) is 18.4 Å². The molecule has 0 unspecified atom stereocenters. The molecule has 150 valence electrons. The molecule has 3 rings (SSSR count). The fraction of sp³-hybridized carbons (Fsp3) is 0.350. The SMILES string of the molecule is CCS(=O)(=O)N1CCCc2ccc(NC(=O)COc3ccccc3OC)cc21. The minimum atomic E-state index is -3.35. The number of nitrogens with zero attached hydrogens (tertiary/aromatic N) is 1. The molecule has 1 heterocycles. The normalized spacial score (nSPS) is 13.6. The fourth-order valence-corrected chi connectivity index (χ4v) is 4.33. The summed E-state index contributed by atoms with van der Waals surface area (Å²) < 4.78 is 36.9. The Kier molecular flexibility index (Phi) is 6.08. The van der Waals surface area contributed by atoms with Gasteiger partial charge in [0.15, 0.2) is 18.1 Å². The number of methoxy groups -OCH3 is 1. The van der Waals surface area contributed by atoms with Crippen molar-refractivity contribution in [3.63, 3.8) is 0 Å². The van der Waals surface area contributed by atoms with Gasteiger partial charge in [0.1, 0.15) is 0 Å². The summed E-state index contributed by atoms with van der Waals surface area (Å²) >= 11 is 0. The standard InChI is InChI=1S/C20H24N2O5S/c1-3-28(24,25)22-12-6-7-15-10-11-16(13-17(15)22)21-20(23)14-27-19-9-5-4-8-18(19)26-2/h4-5,8-11,13H,3,6-7,12,14H2,1-2H3,(H,21,23). The highest BCUT2D eigenvalue weighted by Gasteiger charge is 2.26. The lowest BCUT2D eigenvalue weighted by Crippen LogP contribution is -2.36. The molecule has 7 nitrogen and oxygen atoms in total. The van der Waals surface area contributed by atoms with Gasteiger partial charge in [-0.1, -0.05) is 18.2 Å². The van der Waals surface area contributed by atoms with E-state index in [-0.39, 0.29) is 18.3 Å². The summed E-state index contributed by atoms with van der Waals surface area (Å²) in [5.74, 6) is 0.720. The predicted molar refractivity (Wildman–Crippen MR) is 109 cm³/mol. The summed E-state index contributed by atoms with van der Waals surface area (Å²) in [4.78, 5) is 12.3. The highest BCUT2D eigenvalue weighted by molar-refractivity contribution is 7.92. The van der Waals surface area contributed by atoms with E-state index in [2.05, 4.69) is 5.32 Å². The van der Waals surface area contributed by atoms with Crippen LogP contribution < -0.4 is 19.1 Å². The molecule has 1 aliphatic rings. The number of para-hydroxylation sites is 2. The fourth-order valence-electron chi connectivity index (χ4n) is 3.14. The first-order valence-corrected chi connectivity index (χ1v) is 10.7. The van der Waals surface area contributed by atoms with Crippen molar-refractivity contribution in [1.82, 2.24) is 0 Å². The maximum absolute atomic E-state index is 12.4. The topological polar surface area (TPSA) is 84.9 Å². The van der Waals surface area contributed by atoms with Crippen LogP contribution in [-0.4, -0.2) is 40.3 Å². The van der Waals surface area contributed by atoms with Gasteiger partial charge in [-0.25, -0.2) is 8.42 Å². The van der Waals surface area contributed by atoms with Crippen molar-refractivity contribution in [2.75, 3.05) is 35.6 Å². The lowest BCUT2D eigenvalue weighted by atomic mass is 10.0. The van der Waals surface area contributed by atoms with Crippen molar-refractivity contribution in [3.05, 3.63) is 48.0 Å². The number of aryl methyl sites for hydroxylation is 1. The number of carbonyl (C=O) groups excluding carboxylic acids is 1. The molecule has 0 bridgehead atoms. The van der Waals surface area contributed by atoms with Crippen LogP contribution in [-0.2, 0) is 21.2 Å². The predicted octanol–water partition coefficient (Wildman–Crippen LogP) is 2.82. The van der Waals surface area contributed by atoms with Gasteiger partial charge in [-0.3, -0.25) is 9.10 Å². The number of benzene rings is 2. The van der Waals surface area contributed by atoms with Crippen LogP contribution in [0.2, 0.25) is 0 Å². The van der Waals surface area contributed by atoms with Crippen LogP contribution in [0.15, 0.2) is 42.5 Å². The molecule has 1 aliphatic heterocycles. The third-order valence-electron chi connectivity index (χ3n) is 4.57. The van der Waals surface area contributed by atoms with Crippen molar-refractivity contribution in [3.8, 4) is 11.5 Å². The Labute approximate surface area is 165 Å². The number of ether oxygens (including phenoxy) is 2. The zero-order valence-corrected chi connectivity index (χ0v) is 16.8. The first-order valence-electron chi connectivity index (χ1n) is 9.13. The maximum Gasteiger partial charge on any atom is 0.262 e. The zero-order valence-electron chi connectivity index (χ0n) is 16.0. The Balaban J connectivity index is 1.71. The average Bonchev–Trinajstić information content (AvgIpc) is 2.71. The van der Waals surface area contributed by atoms with Crippen LogP contribution in [0.3, 0.4) is 0 Å². The largest absolute Gasteiger partial charge is 0.493 e. The minimum absolute atomic E-state index is 0.0375. The summed E-state index contributed by atoms with van der Waals surface area (Å²) in [7, 11) is -1.82. The number of carbonyl (C=O) groups is 1. The molecule has 0 radical (unpaired) electrons. The van der Waals surface area contributed by atoms with Gasteiger partial charge >= 0.3 is 0 Å². The Morgan fingerprint density at radius 2 is 1.93 bits per heavy atom. The van der Waals surface area contributed by atoms with Crippen LogP contribution in [0.5, 0.6) is 11.5 Å². The Morgan fingerprint density at radius 3 is 2.64 bits per heavy atom. The third-order valence-corrected chi connectivity index (χ3v) is 6.35. The molecular formula is C20H24N2O5S. The highest BCUT2D eigenvalue weighted by atomic mass is 32.2. The highest BCUT2D eigenvalue weighted by Crippen LogP contribution is 2.32. The van der Waals surface area contributed by atoms with Gasteiger partial charge in [-0.15, -0.1) is 0 Å². The summed E-state index contributed by atoms with van der Waals surface area (Å²) in [6, 6.07) is 12.4. The lowest BCUT2D eigenvalue weighted by Gasteiger charge is -2.30. The molecule has 0 fully saturated rings. The molecular weight excluding hydrogens is 380 g/mol. The smallest absolute Gasteiger partial charge is 0.262 e. The Bertz CT molecular complexity index is 959.